The summed E-state index contributed by atoms with van der Waals surface area (Å²) in [6.07, 6.45) is 1.84. The maximum atomic E-state index is 6.33. The van der Waals surface area contributed by atoms with Crippen LogP contribution in [0, 0.1) is 12.1 Å². The molecule has 10 rings (SSSR count). The van der Waals surface area contributed by atoms with Gasteiger partial charge in [-0.25, -0.2) is 0 Å². The van der Waals surface area contributed by atoms with Gasteiger partial charge in [-0.05, 0) is 88.1 Å². The molecule has 0 saturated carbocycles. The molecule has 0 bridgehead atoms. The molecule has 0 aliphatic carbocycles. The van der Waals surface area contributed by atoms with E-state index in [1.54, 1.807) is 0 Å². The first-order valence-corrected chi connectivity index (χ1v) is 17.7. The molecule has 0 spiro atoms. The number of benzene rings is 6. The summed E-state index contributed by atoms with van der Waals surface area (Å²) in [5, 5.41) is 0. The van der Waals surface area contributed by atoms with E-state index in [-0.39, 0.29) is 33.2 Å². The normalized spacial score (nSPS) is 12.9. The number of nitrogens with zero attached hydrogens (tertiary/aromatic N) is 4. The van der Waals surface area contributed by atoms with E-state index >= 15 is 0 Å². The summed E-state index contributed by atoms with van der Waals surface area (Å²) < 4.78 is 6.33. The van der Waals surface area contributed by atoms with Gasteiger partial charge in [-0.2, -0.15) is 0 Å². The Hall–Kier alpha value is -5.71. The molecule has 2 aromatic heterocycles. The quantitative estimate of drug-likeness (QED) is 0.130. The molecule has 7 heteroatoms. The van der Waals surface area contributed by atoms with Gasteiger partial charge in [0.25, 0.3) is 0 Å². The summed E-state index contributed by atoms with van der Waals surface area (Å²) >= 11 is 0. The van der Waals surface area contributed by atoms with Crippen LogP contribution >= 0.6 is 0 Å². The summed E-state index contributed by atoms with van der Waals surface area (Å²) in [6.45, 7) is 6.69. The van der Waals surface area contributed by atoms with Crippen LogP contribution in [0.15, 0.2) is 150 Å². The number of anilines is 6. The molecular formula is C46H33BN4OPt. The Balaban J connectivity index is 0.00000372. The zero-order valence-electron chi connectivity index (χ0n) is 29.4. The molecular weight excluding hydrogens is 830 g/mol. The summed E-state index contributed by atoms with van der Waals surface area (Å²) in [5.41, 5.74) is 15.3. The Morgan fingerprint density at radius 3 is 1.75 bits per heavy atom. The van der Waals surface area contributed by atoms with E-state index in [0.717, 1.165) is 73.0 Å². The van der Waals surface area contributed by atoms with Crippen molar-refractivity contribution >= 4 is 68.3 Å². The largest absolute Gasteiger partial charge is 2.00 e. The van der Waals surface area contributed by atoms with Gasteiger partial charge in [-0.15, -0.1) is 52.9 Å². The molecule has 8 aromatic rings. The molecule has 0 N–H and O–H groups in total. The van der Waals surface area contributed by atoms with E-state index < -0.39 is 0 Å². The van der Waals surface area contributed by atoms with Gasteiger partial charge in [0.05, 0.1) is 5.52 Å². The first-order valence-electron chi connectivity index (χ1n) is 17.7. The van der Waals surface area contributed by atoms with E-state index in [1.807, 2.05) is 42.6 Å². The maximum absolute atomic E-state index is 6.33. The van der Waals surface area contributed by atoms with Crippen molar-refractivity contribution in [2.75, 3.05) is 9.80 Å². The zero-order valence-corrected chi connectivity index (χ0v) is 31.7. The number of pyridine rings is 1. The van der Waals surface area contributed by atoms with Crippen LogP contribution in [-0.2, 0) is 26.5 Å². The van der Waals surface area contributed by atoms with Crippen LogP contribution in [0.1, 0.15) is 26.3 Å². The number of rotatable bonds is 4. The van der Waals surface area contributed by atoms with Crippen LogP contribution in [0.5, 0.6) is 0 Å². The second kappa shape index (κ2) is 12.8. The second-order valence-corrected chi connectivity index (χ2v) is 14.5. The molecule has 0 unspecified atom stereocenters. The van der Waals surface area contributed by atoms with Crippen molar-refractivity contribution in [1.82, 2.24) is 9.97 Å². The number of fused-ring (bicyclic) bond motifs is 5. The van der Waals surface area contributed by atoms with Crippen molar-refractivity contribution in [3.63, 3.8) is 0 Å². The topological polar surface area (TPSA) is 45.4 Å². The predicted octanol–water partition coefficient (Wildman–Crippen LogP) is 9.53. The number of oxazole rings is 1. The summed E-state index contributed by atoms with van der Waals surface area (Å²) in [7, 11) is 0. The molecule has 53 heavy (non-hydrogen) atoms. The molecule has 0 fully saturated rings. The first kappa shape index (κ1) is 33.2. The van der Waals surface area contributed by atoms with E-state index in [2.05, 4.69) is 146 Å². The minimum Gasteiger partial charge on any atom is -0.481 e. The van der Waals surface area contributed by atoms with Gasteiger partial charge >= 0.3 is 21.1 Å². The molecule has 5 nitrogen and oxygen atoms in total. The summed E-state index contributed by atoms with van der Waals surface area (Å²) in [4.78, 5) is 14.4. The van der Waals surface area contributed by atoms with Crippen molar-refractivity contribution < 1.29 is 25.5 Å². The fourth-order valence-electron chi connectivity index (χ4n) is 7.74. The van der Waals surface area contributed by atoms with E-state index in [9.17, 15) is 0 Å². The van der Waals surface area contributed by atoms with Crippen LogP contribution in [0.2, 0.25) is 0 Å². The van der Waals surface area contributed by atoms with Gasteiger partial charge in [0.1, 0.15) is 11.5 Å². The molecule has 0 saturated heterocycles. The average molecular weight is 864 g/mol. The third kappa shape index (κ3) is 5.43. The van der Waals surface area contributed by atoms with Crippen molar-refractivity contribution in [1.29, 1.82) is 0 Å². The van der Waals surface area contributed by atoms with Crippen molar-refractivity contribution in [3.8, 4) is 22.7 Å². The number of hydrogen-bond acceptors (Lipinski definition) is 5. The smallest absolute Gasteiger partial charge is 0.481 e. The number of hydrogen-bond donors (Lipinski definition) is 0. The molecule has 2 aliphatic rings. The fraction of sp³-hybridized carbons (Fsp3) is 0.0870. The third-order valence-corrected chi connectivity index (χ3v) is 10.2. The molecule has 0 amide bonds. The summed E-state index contributed by atoms with van der Waals surface area (Å²) in [5.74, 6) is 0.553. The van der Waals surface area contributed by atoms with Gasteiger partial charge in [-0.1, -0.05) is 87.0 Å². The second-order valence-electron chi connectivity index (χ2n) is 14.5. The molecule has 0 radical (unpaired) electrons. The average Bonchev–Trinajstić information content (AvgIpc) is 3.62. The van der Waals surface area contributed by atoms with Crippen LogP contribution in [0.25, 0.3) is 33.8 Å². The monoisotopic (exact) mass is 863 g/mol. The van der Waals surface area contributed by atoms with Crippen LogP contribution in [0.4, 0.5) is 34.1 Å². The van der Waals surface area contributed by atoms with Gasteiger partial charge in [0, 0.05) is 28.9 Å². The van der Waals surface area contributed by atoms with Crippen molar-refractivity contribution in [2.24, 2.45) is 0 Å². The number of para-hydroxylation sites is 4. The molecule has 2 aliphatic heterocycles. The van der Waals surface area contributed by atoms with E-state index in [4.69, 9.17) is 14.4 Å². The first-order chi connectivity index (χ1) is 25.4. The molecule has 0 atom stereocenters. The van der Waals surface area contributed by atoms with Crippen molar-refractivity contribution in [3.05, 3.63) is 163 Å². The van der Waals surface area contributed by atoms with Crippen LogP contribution in [0.3, 0.4) is 0 Å². The minimum atomic E-state index is -0.183. The van der Waals surface area contributed by atoms with Crippen molar-refractivity contribution in [2.45, 2.75) is 26.2 Å². The molecule has 256 valence electrons. The van der Waals surface area contributed by atoms with E-state index in [0.29, 0.717) is 5.89 Å². The van der Waals surface area contributed by atoms with Gasteiger partial charge in [0.2, 0.25) is 6.71 Å². The standard InChI is InChI=1S/C46H33BN4O.Pt/c1-46(2,3)32-28-41-44-42(29-32)51(34-16-8-5-9-17-34)40-24-22-31(45-49-38-19-10-11-20-43(38)52-45)27-36(40)47(44)35-26-30(37-18-12-13-25-48-37)21-23-39(35)50(41)33-14-6-4-7-15-33;/h4-25,28-29H,1-3H3;/q-2;+2. The fourth-order valence-corrected chi connectivity index (χ4v) is 7.74. The Morgan fingerprint density at radius 2 is 1.17 bits per heavy atom. The Morgan fingerprint density at radius 1 is 0.604 bits per heavy atom. The van der Waals surface area contributed by atoms with Gasteiger partial charge in [0.15, 0.2) is 0 Å². The van der Waals surface area contributed by atoms with Crippen LogP contribution < -0.4 is 26.2 Å². The Kier molecular flexibility index (Phi) is 7.98. The third-order valence-electron chi connectivity index (χ3n) is 10.2. The van der Waals surface area contributed by atoms with Gasteiger partial charge in [-0.3, -0.25) is 4.98 Å². The van der Waals surface area contributed by atoms with Gasteiger partial charge < -0.3 is 19.2 Å². The minimum absolute atomic E-state index is 0. The number of aromatic nitrogens is 2. The molecule has 6 aromatic carbocycles. The molecule has 4 heterocycles. The summed E-state index contributed by atoms with van der Waals surface area (Å²) in [6, 6.07) is 56.6. The maximum Gasteiger partial charge on any atom is 2.00 e. The van der Waals surface area contributed by atoms with E-state index in [1.165, 1.54) is 11.0 Å². The zero-order chi connectivity index (χ0) is 35.0. The SMILES string of the molecule is CC(C)(C)c1cc2c3c(c1)N(c1ccccc1)c1ccc(-c4nc5ccccc5o4)[c-]c1B3c1[c-]c(-c3ccccn3)ccc1N2c1ccccc1.[Pt+2]. The Labute approximate surface area is 324 Å². The Bertz CT molecular complexity index is 2590. The van der Waals surface area contributed by atoms with Crippen LogP contribution in [-0.4, -0.2) is 16.7 Å². The predicted molar refractivity (Wildman–Crippen MR) is 213 cm³/mol.